The zero-order chi connectivity index (χ0) is 25.7. The van der Waals surface area contributed by atoms with Crippen molar-refractivity contribution in [2.24, 2.45) is 0 Å². The molecule has 9 nitrogen and oxygen atoms in total. The van der Waals surface area contributed by atoms with Crippen molar-refractivity contribution in [3.8, 4) is 11.5 Å². The van der Waals surface area contributed by atoms with Crippen molar-refractivity contribution >= 4 is 0 Å². The minimum atomic E-state index is -0.194. The molecule has 2 aromatic carbocycles. The second-order valence-electron chi connectivity index (χ2n) is 8.77. The molecular weight excluding hydrogens is 480 g/mol. The summed E-state index contributed by atoms with van der Waals surface area (Å²) in [6, 6.07) is 15.9. The van der Waals surface area contributed by atoms with Gasteiger partial charge in [0.15, 0.2) is 0 Å². The van der Waals surface area contributed by atoms with Gasteiger partial charge in [0.1, 0.15) is 49.1 Å². The van der Waals surface area contributed by atoms with Crippen molar-refractivity contribution in [3.05, 3.63) is 59.7 Å². The third kappa shape index (κ3) is 9.54. The number of ether oxygens (including phenoxy) is 9. The molecule has 37 heavy (non-hydrogen) atoms. The molecule has 0 aliphatic carbocycles. The minimum Gasteiger partial charge on any atom is -0.491 e. The highest BCUT2D eigenvalue weighted by atomic mass is 16.6. The largest absolute Gasteiger partial charge is 0.491 e. The van der Waals surface area contributed by atoms with E-state index in [1.165, 1.54) is 0 Å². The van der Waals surface area contributed by atoms with E-state index in [0.29, 0.717) is 66.1 Å². The third-order valence-electron chi connectivity index (χ3n) is 5.96. The van der Waals surface area contributed by atoms with Crippen LogP contribution < -0.4 is 9.47 Å². The lowest BCUT2D eigenvalue weighted by molar-refractivity contribution is -0.0419. The maximum Gasteiger partial charge on any atom is 0.119 e. The van der Waals surface area contributed by atoms with E-state index in [9.17, 15) is 0 Å². The molecule has 2 fully saturated rings. The smallest absolute Gasteiger partial charge is 0.119 e. The van der Waals surface area contributed by atoms with Crippen LogP contribution in [0.1, 0.15) is 23.3 Å². The van der Waals surface area contributed by atoms with Crippen LogP contribution in [-0.4, -0.2) is 92.5 Å². The van der Waals surface area contributed by atoms with Crippen LogP contribution in [0.15, 0.2) is 48.5 Å². The Morgan fingerprint density at radius 1 is 0.595 bits per heavy atom. The quantitative estimate of drug-likeness (QED) is 0.193. The molecule has 0 spiro atoms. The van der Waals surface area contributed by atoms with Crippen molar-refractivity contribution in [1.82, 2.24) is 0 Å². The molecule has 0 aromatic heterocycles. The topological polar surface area (TPSA) is 89.7 Å². The first-order valence-electron chi connectivity index (χ1n) is 12.8. The molecular formula is C28H38O9. The fourth-order valence-corrected chi connectivity index (χ4v) is 3.81. The first-order valence-corrected chi connectivity index (χ1v) is 12.8. The van der Waals surface area contributed by atoms with Gasteiger partial charge in [-0.2, -0.15) is 0 Å². The van der Waals surface area contributed by atoms with E-state index in [4.69, 9.17) is 42.6 Å². The molecule has 2 aromatic rings. The number of benzene rings is 2. The second-order valence-corrected chi connectivity index (χ2v) is 8.77. The molecule has 0 radical (unpaired) electrons. The second kappa shape index (κ2) is 15.2. The highest BCUT2D eigenvalue weighted by Crippen LogP contribution is 2.40. The van der Waals surface area contributed by atoms with Gasteiger partial charge in [-0.25, -0.2) is 0 Å². The molecule has 4 unspecified atom stereocenters. The standard InChI is InChI=1S/C28H38O9/c1-29-11-13-31-15-17-33-23-7-3-21(4-8-23)27(25-19-35-25)37-28(26-20-36-26)22-5-9-24(10-6-22)34-18-16-32-14-12-30-2/h3-10,25-28H,11-20H2,1-2H3. The lowest BCUT2D eigenvalue weighted by Gasteiger charge is -2.24. The minimum absolute atomic E-state index is 0.0305. The first kappa shape index (κ1) is 27.8. The molecule has 204 valence electrons. The summed E-state index contributed by atoms with van der Waals surface area (Å²) in [6.07, 6.45) is -0.326. The molecule has 2 saturated heterocycles. The van der Waals surface area contributed by atoms with Crippen molar-refractivity contribution < 1.29 is 42.6 Å². The Morgan fingerprint density at radius 2 is 0.973 bits per heavy atom. The van der Waals surface area contributed by atoms with E-state index in [1.54, 1.807) is 14.2 Å². The van der Waals surface area contributed by atoms with E-state index >= 15 is 0 Å². The Balaban J connectivity index is 1.29. The van der Waals surface area contributed by atoms with E-state index < -0.39 is 0 Å². The summed E-state index contributed by atoms with van der Waals surface area (Å²) < 4.78 is 50.3. The third-order valence-corrected chi connectivity index (χ3v) is 5.96. The maximum absolute atomic E-state index is 6.63. The summed E-state index contributed by atoms with van der Waals surface area (Å²) in [7, 11) is 3.31. The van der Waals surface area contributed by atoms with Crippen molar-refractivity contribution in [2.45, 2.75) is 24.4 Å². The Morgan fingerprint density at radius 3 is 1.32 bits per heavy atom. The van der Waals surface area contributed by atoms with Gasteiger partial charge < -0.3 is 42.6 Å². The van der Waals surface area contributed by atoms with Crippen LogP contribution >= 0.6 is 0 Å². The number of methoxy groups -OCH3 is 2. The van der Waals surface area contributed by atoms with Gasteiger partial charge in [0, 0.05) is 14.2 Å². The zero-order valence-electron chi connectivity index (χ0n) is 21.7. The Kier molecular flexibility index (Phi) is 11.4. The fourth-order valence-electron chi connectivity index (χ4n) is 3.81. The molecule has 4 atom stereocenters. The van der Waals surface area contributed by atoms with Gasteiger partial charge in [-0.15, -0.1) is 0 Å². The van der Waals surface area contributed by atoms with Gasteiger partial charge in [-0.05, 0) is 35.4 Å². The molecule has 2 aliphatic rings. The Hall–Kier alpha value is -2.24. The van der Waals surface area contributed by atoms with Crippen LogP contribution in [0.4, 0.5) is 0 Å². The number of epoxide rings is 2. The molecule has 0 bridgehead atoms. The predicted molar refractivity (Wildman–Crippen MR) is 135 cm³/mol. The van der Waals surface area contributed by atoms with Gasteiger partial charge >= 0.3 is 0 Å². The highest BCUT2D eigenvalue weighted by Gasteiger charge is 2.42. The predicted octanol–water partition coefficient (Wildman–Crippen LogP) is 3.37. The summed E-state index contributed by atoms with van der Waals surface area (Å²) in [6.45, 7) is 5.63. The first-order chi connectivity index (χ1) is 18.3. The molecule has 4 rings (SSSR count). The van der Waals surface area contributed by atoms with Gasteiger partial charge in [0.25, 0.3) is 0 Å². The maximum atomic E-state index is 6.63. The lowest BCUT2D eigenvalue weighted by Crippen LogP contribution is -2.19. The van der Waals surface area contributed by atoms with E-state index in [2.05, 4.69) is 0 Å². The van der Waals surface area contributed by atoms with Crippen molar-refractivity contribution in [3.63, 3.8) is 0 Å². The highest BCUT2D eigenvalue weighted by molar-refractivity contribution is 5.32. The van der Waals surface area contributed by atoms with Gasteiger partial charge in [-0.1, -0.05) is 24.3 Å². The SMILES string of the molecule is COCCOCCOc1ccc(C(OC(c2ccc(OCCOCCOC)cc2)C2CO2)C2CO2)cc1. The molecule has 0 amide bonds. The summed E-state index contributed by atoms with van der Waals surface area (Å²) >= 11 is 0. The summed E-state index contributed by atoms with van der Waals surface area (Å²) in [4.78, 5) is 0. The number of hydrogen-bond donors (Lipinski definition) is 0. The van der Waals surface area contributed by atoms with Gasteiger partial charge in [0.05, 0.1) is 52.9 Å². The molecule has 2 heterocycles. The molecule has 9 heteroatoms. The fraction of sp³-hybridized carbons (Fsp3) is 0.571. The molecule has 0 saturated carbocycles. The number of rotatable bonds is 20. The summed E-state index contributed by atoms with van der Waals surface area (Å²) in [5, 5.41) is 0. The van der Waals surface area contributed by atoms with Crippen LogP contribution in [0.25, 0.3) is 0 Å². The van der Waals surface area contributed by atoms with Crippen LogP contribution in [0.5, 0.6) is 11.5 Å². The van der Waals surface area contributed by atoms with E-state index in [0.717, 1.165) is 22.6 Å². The number of hydrogen-bond acceptors (Lipinski definition) is 9. The summed E-state index contributed by atoms with van der Waals surface area (Å²) in [5.74, 6) is 1.58. The summed E-state index contributed by atoms with van der Waals surface area (Å²) in [5.41, 5.74) is 2.09. The monoisotopic (exact) mass is 518 g/mol. The average Bonchev–Trinajstić information content (AvgIpc) is 3.85. The van der Waals surface area contributed by atoms with Crippen LogP contribution in [0, 0.1) is 0 Å². The lowest BCUT2D eigenvalue weighted by atomic mass is 10.0. The van der Waals surface area contributed by atoms with Crippen molar-refractivity contribution in [2.75, 3.05) is 80.3 Å². The van der Waals surface area contributed by atoms with E-state index in [1.807, 2.05) is 48.5 Å². The average molecular weight is 519 g/mol. The van der Waals surface area contributed by atoms with Crippen LogP contribution in [0.2, 0.25) is 0 Å². The van der Waals surface area contributed by atoms with Gasteiger partial charge in [-0.3, -0.25) is 0 Å². The van der Waals surface area contributed by atoms with Crippen LogP contribution in [-0.2, 0) is 33.2 Å². The molecule has 0 N–H and O–H groups in total. The Bertz CT molecular complexity index is 808. The van der Waals surface area contributed by atoms with Gasteiger partial charge in [0.2, 0.25) is 0 Å². The van der Waals surface area contributed by atoms with E-state index in [-0.39, 0.29) is 24.4 Å². The Labute approximate surface area is 218 Å². The zero-order valence-corrected chi connectivity index (χ0v) is 21.7. The van der Waals surface area contributed by atoms with Crippen molar-refractivity contribution in [1.29, 1.82) is 0 Å². The normalized spacial score (nSPS) is 19.8. The molecule has 2 aliphatic heterocycles. The van der Waals surface area contributed by atoms with Crippen LogP contribution in [0.3, 0.4) is 0 Å².